The van der Waals surface area contributed by atoms with Crippen LogP contribution in [-0.2, 0) is 33.8 Å². The molecular formula is C23H23N3O4. The molecule has 0 N–H and O–H groups in total. The fourth-order valence-electron chi connectivity index (χ4n) is 3.64. The Labute approximate surface area is 174 Å². The third-order valence-corrected chi connectivity index (χ3v) is 5.21. The lowest BCUT2D eigenvalue weighted by molar-refractivity contribution is -0.154. The number of aromatic nitrogens is 2. The van der Waals surface area contributed by atoms with Crippen molar-refractivity contribution in [2.24, 2.45) is 0 Å². The first-order chi connectivity index (χ1) is 14.7. The van der Waals surface area contributed by atoms with Crippen molar-refractivity contribution in [3.05, 3.63) is 83.9 Å². The largest absolute Gasteiger partial charge is 0.484 e. The predicted octanol–water partition coefficient (Wildman–Crippen LogP) is 2.44. The van der Waals surface area contributed by atoms with E-state index >= 15 is 0 Å². The van der Waals surface area contributed by atoms with Gasteiger partial charge in [0.1, 0.15) is 11.8 Å². The molecule has 1 aromatic heterocycles. The summed E-state index contributed by atoms with van der Waals surface area (Å²) in [5.41, 5.74) is 2.87. The molecule has 0 spiro atoms. The fourth-order valence-corrected chi connectivity index (χ4v) is 3.64. The van der Waals surface area contributed by atoms with E-state index < -0.39 is 12.0 Å². The molecule has 7 heteroatoms. The van der Waals surface area contributed by atoms with Gasteiger partial charge in [0.15, 0.2) is 6.61 Å². The molecule has 1 atom stereocenters. The monoisotopic (exact) mass is 405 g/mol. The van der Waals surface area contributed by atoms with Crippen molar-refractivity contribution >= 4 is 11.9 Å². The molecule has 30 heavy (non-hydrogen) atoms. The highest BCUT2D eigenvalue weighted by atomic mass is 16.5. The second-order valence-corrected chi connectivity index (χ2v) is 7.12. The summed E-state index contributed by atoms with van der Waals surface area (Å²) >= 11 is 0. The van der Waals surface area contributed by atoms with Gasteiger partial charge in [0.05, 0.1) is 31.4 Å². The minimum absolute atomic E-state index is 0.153. The molecule has 0 aliphatic carbocycles. The molecule has 2 heterocycles. The number of nitrogens with zero attached hydrogens (tertiary/aromatic N) is 3. The van der Waals surface area contributed by atoms with Crippen LogP contribution < -0.4 is 4.74 Å². The van der Waals surface area contributed by atoms with E-state index in [1.54, 1.807) is 18.5 Å². The van der Waals surface area contributed by atoms with E-state index in [1.807, 2.05) is 53.1 Å². The van der Waals surface area contributed by atoms with Crippen LogP contribution >= 0.6 is 0 Å². The highest BCUT2D eigenvalue weighted by molar-refractivity contribution is 5.86. The lowest BCUT2D eigenvalue weighted by atomic mass is 10.0. The fraction of sp³-hybridized carbons (Fsp3) is 0.261. The quantitative estimate of drug-likeness (QED) is 0.589. The molecule has 7 nitrogen and oxygen atoms in total. The summed E-state index contributed by atoms with van der Waals surface area (Å²) in [6.07, 6.45) is 2.08. The van der Waals surface area contributed by atoms with Crippen LogP contribution in [0.4, 0.5) is 0 Å². The van der Waals surface area contributed by atoms with Gasteiger partial charge in [0, 0.05) is 13.0 Å². The van der Waals surface area contributed by atoms with E-state index in [0.29, 0.717) is 18.7 Å². The van der Waals surface area contributed by atoms with Crippen molar-refractivity contribution < 1.29 is 19.1 Å². The number of benzene rings is 2. The zero-order chi connectivity index (χ0) is 20.9. The van der Waals surface area contributed by atoms with E-state index in [2.05, 4.69) is 4.98 Å². The predicted molar refractivity (Wildman–Crippen MR) is 110 cm³/mol. The zero-order valence-corrected chi connectivity index (χ0v) is 16.7. The van der Waals surface area contributed by atoms with E-state index in [0.717, 1.165) is 17.0 Å². The number of carbonyl (C=O) groups excluding carboxylic acids is 2. The smallest absolute Gasteiger partial charge is 0.329 e. The molecule has 0 radical (unpaired) electrons. The second kappa shape index (κ2) is 8.82. The first kappa shape index (κ1) is 19.7. The molecule has 3 aromatic rings. The van der Waals surface area contributed by atoms with E-state index in [-0.39, 0.29) is 19.1 Å². The molecular weight excluding hydrogens is 382 g/mol. The van der Waals surface area contributed by atoms with Crippen LogP contribution in [-0.4, -0.2) is 46.1 Å². The second-order valence-electron chi connectivity index (χ2n) is 7.12. The molecule has 0 saturated carbocycles. The Bertz CT molecular complexity index is 1020. The van der Waals surface area contributed by atoms with Crippen LogP contribution in [0.1, 0.15) is 17.0 Å². The molecule has 2 aromatic carbocycles. The Kier molecular flexibility index (Phi) is 5.79. The van der Waals surface area contributed by atoms with Gasteiger partial charge in [-0.1, -0.05) is 48.5 Å². The molecule has 4 rings (SSSR count). The van der Waals surface area contributed by atoms with E-state index in [4.69, 9.17) is 9.47 Å². The molecule has 1 amide bonds. The number of ether oxygens (including phenoxy) is 2. The van der Waals surface area contributed by atoms with Crippen LogP contribution in [0.15, 0.2) is 67.0 Å². The number of hydrogen-bond donors (Lipinski definition) is 0. The summed E-state index contributed by atoms with van der Waals surface area (Å²) in [4.78, 5) is 31.4. The van der Waals surface area contributed by atoms with Crippen molar-refractivity contribution in [1.29, 1.82) is 0 Å². The minimum Gasteiger partial charge on any atom is -0.484 e. The Morgan fingerprint density at radius 1 is 1.07 bits per heavy atom. The highest BCUT2D eigenvalue weighted by Crippen LogP contribution is 2.24. The number of amides is 1. The highest BCUT2D eigenvalue weighted by Gasteiger charge is 2.37. The number of imidazole rings is 1. The summed E-state index contributed by atoms with van der Waals surface area (Å²) < 4.78 is 12.6. The molecule has 1 aliphatic rings. The number of methoxy groups -OCH3 is 1. The van der Waals surface area contributed by atoms with Gasteiger partial charge in [-0.15, -0.1) is 0 Å². The standard InChI is InChI=1S/C23H23N3O4/c1-29-23(28)20-12-19-21(25(16-24-19)13-17-8-4-2-5-9-17)14-26(20)22(27)15-30-18-10-6-3-7-11-18/h2-11,16,20H,12-15H2,1H3/t20-/m0/s1. The van der Waals surface area contributed by atoms with Crippen LogP contribution in [0.25, 0.3) is 0 Å². The maximum Gasteiger partial charge on any atom is 0.329 e. The Balaban J connectivity index is 1.54. The normalized spacial score (nSPS) is 15.4. The van der Waals surface area contributed by atoms with Gasteiger partial charge in [-0.3, -0.25) is 4.79 Å². The number of fused-ring (bicyclic) bond motifs is 1. The van der Waals surface area contributed by atoms with E-state index in [1.165, 1.54) is 12.0 Å². The average molecular weight is 405 g/mol. The minimum atomic E-state index is -0.713. The van der Waals surface area contributed by atoms with Crippen molar-refractivity contribution in [3.8, 4) is 5.75 Å². The van der Waals surface area contributed by atoms with Gasteiger partial charge in [0.25, 0.3) is 5.91 Å². The Morgan fingerprint density at radius 3 is 2.47 bits per heavy atom. The molecule has 1 aliphatic heterocycles. The van der Waals surface area contributed by atoms with Crippen molar-refractivity contribution in [1.82, 2.24) is 14.5 Å². The van der Waals surface area contributed by atoms with Gasteiger partial charge in [-0.2, -0.15) is 0 Å². The Morgan fingerprint density at radius 2 is 1.77 bits per heavy atom. The zero-order valence-electron chi connectivity index (χ0n) is 16.7. The average Bonchev–Trinajstić information content (AvgIpc) is 3.19. The van der Waals surface area contributed by atoms with Crippen LogP contribution in [0.2, 0.25) is 0 Å². The molecule has 154 valence electrons. The van der Waals surface area contributed by atoms with Crippen LogP contribution in [0.3, 0.4) is 0 Å². The number of esters is 1. The summed E-state index contributed by atoms with van der Waals surface area (Å²) in [5, 5.41) is 0. The van der Waals surface area contributed by atoms with Gasteiger partial charge >= 0.3 is 5.97 Å². The summed E-state index contributed by atoms with van der Waals surface area (Å²) in [5.74, 6) is -0.119. The van der Waals surface area contributed by atoms with E-state index in [9.17, 15) is 9.59 Å². The molecule has 0 unspecified atom stereocenters. The van der Waals surface area contributed by atoms with Crippen molar-refractivity contribution in [2.45, 2.75) is 25.6 Å². The lowest BCUT2D eigenvalue weighted by Crippen LogP contribution is -2.51. The summed E-state index contributed by atoms with van der Waals surface area (Å²) in [6.45, 7) is 0.771. The van der Waals surface area contributed by atoms with Gasteiger partial charge in [0.2, 0.25) is 0 Å². The summed E-state index contributed by atoms with van der Waals surface area (Å²) in [6, 6.07) is 18.5. The number of rotatable bonds is 6. The maximum absolute atomic E-state index is 13.0. The molecule has 0 saturated heterocycles. The van der Waals surface area contributed by atoms with Crippen molar-refractivity contribution in [3.63, 3.8) is 0 Å². The molecule has 0 bridgehead atoms. The number of hydrogen-bond acceptors (Lipinski definition) is 5. The van der Waals surface area contributed by atoms with Gasteiger partial charge in [-0.25, -0.2) is 9.78 Å². The molecule has 0 fully saturated rings. The third-order valence-electron chi connectivity index (χ3n) is 5.21. The summed E-state index contributed by atoms with van der Waals surface area (Å²) in [7, 11) is 1.33. The van der Waals surface area contributed by atoms with Crippen LogP contribution in [0, 0.1) is 0 Å². The van der Waals surface area contributed by atoms with Crippen LogP contribution in [0.5, 0.6) is 5.75 Å². The van der Waals surface area contributed by atoms with Gasteiger partial charge < -0.3 is 18.9 Å². The first-order valence-corrected chi connectivity index (χ1v) is 9.77. The number of para-hydroxylation sites is 1. The van der Waals surface area contributed by atoms with Crippen molar-refractivity contribution in [2.75, 3.05) is 13.7 Å². The lowest BCUT2D eigenvalue weighted by Gasteiger charge is -2.34. The number of carbonyl (C=O) groups is 2. The third kappa shape index (κ3) is 4.20. The maximum atomic E-state index is 13.0. The topological polar surface area (TPSA) is 73.7 Å². The Hall–Kier alpha value is -3.61. The first-order valence-electron chi connectivity index (χ1n) is 9.77. The van der Waals surface area contributed by atoms with Gasteiger partial charge in [-0.05, 0) is 17.7 Å². The SMILES string of the molecule is COC(=O)[C@@H]1Cc2ncn(Cc3ccccc3)c2CN1C(=O)COc1ccccc1.